The van der Waals surface area contributed by atoms with Crippen molar-refractivity contribution >= 4 is 17.5 Å². The molecule has 0 aromatic carbocycles. The number of anilines is 1. The molecule has 0 amide bonds. The molecule has 0 unspecified atom stereocenters. The third-order valence-electron chi connectivity index (χ3n) is 4.89. The van der Waals surface area contributed by atoms with Crippen molar-refractivity contribution < 1.29 is 14.8 Å². The van der Waals surface area contributed by atoms with Gasteiger partial charge in [0.2, 0.25) is 5.82 Å². The zero-order valence-electron chi connectivity index (χ0n) is 11.8. The number of hydrogen-bond acceptors (Lipinski definition) is 5. The van der Waals surface area contributed by atoms with Gasteiger partial charge < -0.3 is 10.0 Å². The lowest BCUT2D eigenvalue weighted by Crippen LogP contribution is -2.36. The van der Waals surface area contributed by atoms with Gasteiger partial charge in [-0.1, -0.05) is 6.42 Å². The molecule has 2 heterocycles. The Bertz CT molecular complexity index is 618. The lowest BCUT2D eigenvalue weighted by molar-refractivity contribution is -0.384. The molecular weight excluding hydrogens is 274 g/mol. The highest BCUT2D eigenvalue weighted by Crippen LogP contribution is 2.50. The molecule has 3 rings (SSSR count). The average Bonchev–Trinajstić information content (AvgIpc) is 2.95. The summed E-state index contributed by atoms with van der Waals surface area (Å²) in [5.41, 5.74) is -0.233. The number of nitrogens with zero attached hydrogens (tertiary/aromatic N) is 3. The second-order valence-corrected chi connectivity index (χ2v) is 5.99. The molecule has 2 fully saturated rings. The zero-order valence-corrected chi connectivity index (χ0v) is 11.8. The molecule has 1 aliphatic heterocycles. The SMILES string of the molecule is Cc1ccnc(N2C[C@@H]3CCC[C@@]3(C(=O)O)C2)c1[N+](=O)[O-]. The summed E-state index contributed by atoms with van der Waals surface area (Å²) < 4.78 is 0. The van der Waals surface area contributed by atoms with Crippen LogP contribution in [0.5, 0.6) is 0 Å². The van der Waals surface area contributed by atoms with Crippen LogP contribution < -0.4 is 4.90 Å². The van der Waals surface area contributed by atoms with Crippen molar-refractivity contribution in [2.75, 3.05) is 18.0 Å². The minimum atomic E-state index is -0.789. The number of carboxylic acids is 1. The molecule has 1 N–H and O–H groups in total. The second-order valence-electron chi connectivity index (χ2n) is 5.99. The predicted molar refractivity (Wildman–Crippen MR) is 75.3 cm³/mol. The fraction of sp³-hybridized carbons (Fsp3) is 0.571. The van der Waals surface area contributed by atoms with E-state index in [1.165, 1.54) is 0 Å². The maximum Gasteiger partial charge on any atom is 0.314 e. The van der Waals surface area contributed by atoms with Crippen molar-refractivity contribution in [1.82, 2.24) is 4.98 Å². The van der Waals surface area contributed by atoms with E-state index < -0.39 is 16.3 Å². The van der Waals surface area contributed by atoms with Gasteiger partial charge in [0.1, 0.15) is 0 Å². The molecule has 21 heavy (non-hydrogen) atoms. The summed E-state index contributed by atoms with van der Waals surface area (Å²) in [6.45, 7) is 2.51. The van der Waals surface area contributed by atoms with Crippen molar-refractivity contribution in [3.8, 4) is 0 Å². The van der Waals surface area contributed by atoms with E-state index in [2.05, 4.69) is 4.98 Å². The van der Waals surface area contributed by atoms with Gasteiger partial charge in [0.25, 0.3) is 0 Å². The van der Waals surface area contributed by atoms with Crippen molar-refractivity contribution in [3.05, 3.63) is 27.9 Å². The highest BCUT2D eigenvalue weighted by atomic mass is 16.6. The number of pyridine rings is 1. The first-order valence-electron chi connectivity index (χ1n) is 7.04. The van der Waals surface area contributed by atoms with E-state index in [-0.39, 0.29) is 11.6 Å². The molecule has 2 atom stereocenters. The van der Waals surface area contributed by atoms with Gasteiger partial charge in [-0.3, -0.25) is 14.9 Å². The maximum absolute atomic E-state index is 11.7. The lowest BCUT2D eigenvalue weighted by atomic mass is 9.81. The Balaban J connectivity index is 1.99. The fourth-order valence-electron chi connectivity index (χ4n) is 3.79. The number of carboxylic acid groups (broad SMARTS) is 1. The third kappa shape index (κ3) is 1.95. The van der Waals surface area contributed by atoms with Crippen molar-refractivity contribution in [1.29, 1.82) is 0 Å². The number of rotatable bonds is 3. The standard InChI is InChI=1S/C14H17N3O4/c1-9-4-6-15-12(11(9)17(20)21)16-7-10-3-2-5-14(10,8-16)13(18)19/h4,6,10H,2-3,5,7-8H2,1H3,(H,18,19)/t10-,14+/m0/s1. The van der Waals surface area contributed by atoms with E-state index in [9.17, 15) is 20.0 Å². The number of aryl methyl sites for hydroxylation is 1. The molecule has 7 nitrogen and oxygen atoms in total. The smallest absolute Gasteiger partial charge is 0.314 e. The Labute approximate surface area is 121 Å². The molecule has 1 aliphatic carbocycles. The van der Waals surface area contributed by atoms with Gasteiger partial charge in [0.15, 0.2) is 0 Å². The molecule has 2 aliphatic rings. The number of aliphatic carboxylic acids is 1. The van der Waals surface area contributed by atoms with Gasteiger partial charge in [0.05, 0.1) is 10.3 Å². The van der Waals surface area contributed by atoms with Crippen LogP contribution in [-0.2, 0) is 4.79 Å². The van der Waals surface area contributed by atoms with E-state index >= 15 is 0 Å². The Morgan fingerprint density at radius 3 is 3.00 bits per heavy atom. The molecule has 0 spiro atoms. The normalized spacial score (nSPS) is 27.7. The molecule has 1 aromatic heterocycles. The summed E-state index contributed by atoms with van der Waals surface area (Å²) in [4.78, 5) is 28.5. The highest BCUT2D eigenvalue weighted by molar-refractivity contribution is 5.78. The first kappa shape index (κ1) is 13.8. The first-order valence-corrected chi connectivity index (χ1v) is 7.04. The Morgan fingerprint density at radius 1 is 1.62 bits per heavy atom. The Kier molecular flexibility index (Phi) is 3.07. The number of nitro groups is 1. The predicted octanol–water partition coefficient (Wildman–Crippen LogP) is 1.99. The molecule has 1 saturated heterocycles. The molecule has 1 saturated carbocycles. The zero-order chi connectivity index (χ0) is 15.2. The summed E-state index contributed by atoms with van der Waals surface area (Å²) >= 11 is 0. The van der Waals surface area contributed by atoms with Crippen molar-refractivity contribution in [2.45, 2.75) is 26.2 Å². The second kappa shape index (κ2) is 4.68. The average molecular weight is 291 g/mol. The van der Waals surface area contributed by atoms with Gasteiger partial charge in [-0.2, -0.15) is 0 Å². The molecule has 0 radical (unpaired) electrons. The quantitative estimate of drug-likeness (QED) is 0.675. The fourth-order valence-corrected chi connectivity index (χ4v) is 3.79. The highest BCUT2D eigenvalue weighted by Gasteiger charge is 2.55. The van der Waals surface area contributed by atoms with Crippen LogP contribution in [-0.4, -0.2) is 34.1 Å². The van der Waals surface area contributed by atoms with Crippen LogP contribution in [0, 0.1) is 28.4 Å². The number of hydrogen-bond donors (Lipinski definition) is 1. The van der Waals surface area contributed by atoms with Crippen LogP contribution in [0.4, 0.5) is 11.5 Å². The monoisotopic (exact) mass is 291 g/mol. The largest absolute Gasteiger partial charge is 0.481 e. The minimum absolute atomic E-state index is 0.0157. The molecule has 0 bridgehead atoms. The topological polar surface area (TPSA) is 96.6 Å². The van der Waals surface area contributed by atoms with Crippen LogP contribution in [0.15, 0.2) is 12.3 Å². The van der Waals surface area contributed by atoms with Gasteiger partial charge in [-0.15, -0.1) is 0 Å². The van der Waals surface area contributed by atoms with Gasteiger partial charge in [-0.05, 0) is 31.7 Å². The van der Waals surface area contributed by atoms with Gasteiger partial charge in [0, 0.05) is 24.8 Å². The molecule has 7 heteroatoms. The van der Waals surface area contributed by atoms with E-state index in [0.29, 0.717) is 30.9 Å². The summed E-state index contributed by atoms with van der Waals surface area (Å²) in [6.07, 6.45) is 3.96. The van der Waals surface area contributed by atoms with E-state index in [1.807, 2.05) is 0 Å². The minimum Gasteiger partial charge on any atom is -0.481 e. The summed E-state index contributed by atoms with van der Waals surface area (Å²) in [5.74, 6) is -0.435. The van der Waals surface area contributed by atoms with E-state index in [1.54, 1.807) is 24.1 Å². The van der Waals surface area contributed by atoms with Crippen LogP contribution >= 0.6 is 0 Å². The Hall–Kier alpha value is -2.18. The van der Waals surface area contributed by atoms with Crippen molar-refractivity contribution in [3.63, 3.8) is 0 Å². The lowest BCUT2D eigenvalue weighted by Gasteiger charge is -2.23. The van der Waals surface area contributed by atoms with E-state index in [0.717, 1.165) is 12.8 Å². The van der Waals surface area contributed by atoms with Crippen LogP contribution in [0.3, 0.4) is 0 Å². The molecule has 1 aromatic rings. The third-order valence-corrected chi connectivity index (χ3v) is 4.89. The van der Waals surface area contributed by atoms with Crippen LogP contribution in [0.25, 0.3) is 0 Å². The molecular formula is C14H17N3O4. The van der Waals surface area contributed by atoms with Gasteiger partial charge in [-0.25, -0.2) is 4.98 Å². The van der Waals surface area contributed by atoms with Crippen LogP contribution in [0.1, 0.15) is 24.8 Å². The number of carbonyl (C=O) groups is 1. The van der Waals surface area contributed by atoms with Crippen molar-refractivity contribution in [2.24, 2.45) is 11.3 Å². The summed E-state index contributed by atoms with van der Waals surface area (Å²) in [6, 6.07) is 1.60. The summed E-state index contributed by atoms with van der Waals surface area (Å²) in [5, 5.41) is 20.9. The first-order chi connectivity index (χ1) is 9.95. The van der Waals surface area contributed by atoms with Crippen LogP contribution in [0.2, 0.25) is 0 Å². The van der Waals surface area contributed by atoms with E-state index in [4.69, 9.17) is 0 Å². The Morgan fingerprint density at radius 2 is 2.38 bits per heavy atom. The van der Waals surface area contributed by atoms with Gasteiger partial charge >= 0.3 is 11.7 Å². The summed E-state index contributed by atoms with van der Waals surface area (Å²) in [7, 11) is 0. The number of fused-ring (bicyclic) bond motifs is 1. The molecule has 112 valence electrons. The number of aromatic nitrogens is 1. The maximum atomic E-state index is 11.7.